The summed E-state index contributed by atoms with van der Waals surface area (Å²) in [5.74, 6) is 5.70. The lowest BCUT2D eigenvalue weighted by Gasteiger charge is -2.52. The van der Waals surface area contributed by atoms with Crippen LogP contribution >= 0.6 is 0 Å². The van der Waals surface area contributed by atoms with Crippen LogP contribution in [0.5, 0.6) is 23.3 Å². The van der Waals surface area contributed by atoms with Gasteiger partial charge in [-0.1, -0.05) is 87.4 Å². The van der Waals surface area contributed by atoms with Crippen molar-refractivity contribution in [3.05, 3.63) is 133 Å². The minimum absolute atomic E-state index is 0.106. The fourth-order valence-corrected chi connectivity index (χ4v) is 12.1. The van der Waals surface area contributed by atoms with E-state index in [1.807, 2.05) is 54.9 Å². The zero-order valence-corrected chi connectivity index (χ0v) is 38.6. The molecule has 4 aromatic carbocycles. The molecule has 0 N–H and O–H groups in total. The van der Waals surface area contributed by atoms with Gasteiger partial charge in [-0.2, -0.15) is 9.97 Å². The van der Waals surface area contributed by atoms with Gasteiger partial charge >= 0.3 is 0 Å². The van der Waals surface area contributed by atoms with Gasteiger partial charge in [0.1, 0.15) is 29.3 Å². The number of fused-ring (bicyclic) bond motifs is 8. The second-order valence-corrected chi connectivity index (χ2v) is 18.9. The highest BCUT2D eigenvalue weighted by molar-refractivity contribution is 5.85. The third kappa shape index (κ3) is 7.91. The summed E-state index contributed by atoms with van der Waals surface area (Å²) < 4.78 is 27.2. The van der Waals surface area contributed by atoms with Crippen LogP contribution < -0.4 is 18.9 Å². The molecule has 0 radical (unpaired) electrons. The Hall–Kier alpha value is -6.10. The molecule has 13 rings (SSSR count). The van der Waals surface area contributed by atoms with Crippen molar-refractivity contribution in [2.24, 2.45) is 23.7 Å². The number of aromatic nitrogens is 4. The third-order valence-electron chi connectivity index (χ3n) is 15.6. The second kappa shape index (κ2) is 18.3. The number of methoxy groups -OCH3 is 2. The van der Waals surface area contributed by atoms with Crippen molar-refractivity contribution in [1.82, 2.24) is 29.7 Å². The molecule has 4 bridgehead atoms. The maximum Gasteiger partial charge on any atom is 0.229 e. The van der Waals surface area contributed by atoms with Gasteiger partial charge in [0.15, 0.2) is 5.82 Å². The highest BCUT2D eigenvalue weighted by Gasteiger charge is 2.47. The van der Waals surface area contributed by atoms with Gasteiger partial charge < -0.3 is 18.9 Å². The van der Waals surface area contributed by atoms with Crippen LogP contribution in [0.1, 0.15) is 75.7 Å². The molecular formula is C56H60N6O4. The van der Waals surface area contributed by atoms with Crippen molar-refractivity contribution in [1.29, 1.82) is 0 Å². The zero-order chi connectivity index (χ0) is 44.7. The molecule has 7 aromatic rings. The van der Waals surface area contributed by atoms with Crippen LogP contribution in [0, 0.1) is 23.7 Å². The predicted octanol–water partition coefficient (Wildman–Crippen LogP) is 11.4. The smallest absolute Gasteiger partial charge is 0.229 e. The summed E-state index contributed by atoms with van der Waals surface area (Å²) in [4.78, 5) is 26.0. The molecule has 9 heterocycles. The molecule has 0 spiro atoms. The Labute approximate surface area is 388 Å². The summed E-state index contributed by atoms with van der Waals surface area (Å²) in [5.41, 5.74) is 6.48. The van der Waals surface area contributed by atoms with E-state index in [1.54, 1.807) is 14.2 Å². The Morgan fingerprint density at radius 3 is 1.47 bits per heavy atom. The Kier molecular flexibility index (Phi) is 11.8. The van der Waals surface area contributed by atoms with Crippen molar-refractivity contribution in [3.63, 3.8) is 0 Å². The number of hydrogen-bond donors (Lipinski definition) is 0. The molecule has 2 unspecified atom stereocenters. The molecule has 6 saturated heterocycles. The molecule has 6 aliphatic heterocycles. The fourth-order valence-electron chi connectivity index (χ4n) is 12.1. The Bertz CT molecular complexity index is 2680. The predicted molar refractivity (Wildman–Crippen MR) is 260 cm³/mol. The fraction of sp³-hybridized carbons (Fsp3) is 0.393. The third-order valence-corrected chi connectivity index (χ3v) is 15.6. The molecule has 0 amide bonds. The molecule has 3 aromatic heterocycles. The summed E-state index contributed by atoms with van der Waals surface area (Å²) >= 11 is 0. The van der Waals surface area contributed by atoms with Crippen molar-refractivity contribution in [2.75, 3.05) is 40.4 Å². The molecule has 6 fully saturated rings. The highest BCUT2D eigenvalue weighted by Crippen LogP contribution is 2.50. The van der Waals surface area contributed by atoms with E-state index in [1.165, 1.54) is 25.7 Å². The van der Waals surface area contributed by atoms with E-state index in [0.29, 0.717) is 41.3 Å². The highest BCUT2D eigenvalue weighted by atomic mass is 16.5. The SMILES string of the molecule is CC[C@H]1CN2CC[C@H]1C[C@H]2[C@H](Oc1nc(-c2ccccc2)nc(O[C@@H](c2ccnc3ccc(OC)cc23)[C@@H]2C[C@@H]3CCN2C[C@@H]3CC)c1-c1ccccc1)c1ccnc2ccc(OC)cc12. The first-order chi connectivity index (χ1) is 32.5. The Balaban J connectivity index is 1.13. The molecule has 6 aliphatic rings. The summed E-state index contributed by atoms with van der Waals surface area (Å²) in [7, 11) is 3.44. The van der Waals surface area contributed by atoms with E-state index >= 15 is 0 Å². The molecule has 10 atom stereocenters. The topological polar surface area (TPSA) is 95.0 Å². The van der Waals surface area contributed by atoms with Crippen LogP contribution in [0.15, 0.2) is 122 Å². The molecule has 0 aliphatic carbocycles. The second-order valence-electron chi connectivity index (χ2n) is 18.9. The van der Waals surface area contributed by atoms with Gasteiger partial charge in [-0.05, 0) is 117 Å². The normalized spacial score (nSPS) is 25.4. The van der Waals surface area contributed by atoms with Crippen LogP contribution in [0.4, 0.5) is 0 Å². The molecule has 66 heavy (non-hydrogen) atoms. The van der Waals surface area contributed by atoms with Gasteiger partial charge in [-0.25, -0.2) is 0 Å². The first-order valence-corrected chi connectivity index (χ1v) is 24.2. The van der Waals surface area contributed by atoms with E-state index in [9.17, 15) is 0 Å². The minimum atomic E-state index is -0.393. The van der Waals surface area contributed by atoms with Crippen LogP contribution in [0.2, 0.25) is 0 Å². The quantitative estimate of drug-likeness (QED) is 0.105. The summed E-state index contributed by atoms with van der Waals surface area (Å²) in [5, 5.41) is 2.02. The van der Waals surface area contributed by atoms with E-state index in [0.717, 1.165) is 100 Å². The number of hydrogen-bond acceptors (Lipinski definition) is 10. The average molecular weight is 881 g/mol. The number of ether oxygens (including phenoxy) is 4. The number of nitrogens with zero attached hydrogens (tertiary/aromatic N) is 6. The molecule has 0 saturated carbocycles. The van der Waals surface area contributed by atoms with Gasteiger partial charge in [0, 0.05) is 52.9 Å². The van der Waals surface area contributed by atoms with Crippen molar-refractivity contribution >= 4 is 21.8 Å². The number of benzene rings is 4. The first kappa shape index (κ1) is 42.5. The van der Waals surface area contributed by atoms with E-state index < -0.39 is 12.2 Å². The van der Waals surface area contributed by atoms with Gasteiger partial charge in [0.05, 0.1) is 37.3 Å². The molecule has 10 heteroatoms. The van der Waals surface area contributed by atoms with E-state index in [2.05, 4.69) is 90.4 Å². The van der Waals surface area contributed by atoms with Crippen LogP contribution in [-0.4, -0.2) is 82.2 Å². The standard InChI is InChI=1S/C56H60N6O4/c1-5-35-33-61-27-23-39(35)29-49(61)52(43-21-25-57-47-19-17-41(63-3)31-45(43)47)65-55-51(37-13-9-7-10-14-37)56(60-54(59-55)38-15-11-8-12-16-38)66-53(50-30-40-24-28-62(50)34-36(40)6-2)44-22-26-58-48-20-18-42(64-4)32-46(44)48/h7-22,25-26,31-32,35-36,39-40,49-50,52-53H,5-6,23-24,27-30,33-34H2,1-4H3/t35-,36-,39-,40-,49-,50-,52-,53+/m0/s1. The van der Waals surface area contributed by atoms with Crippen LogP contribution in [-0.2, 0) is 0 Å². The lowest BCUT2D eigenvalue weighted by atomic mass is 9.72. The van der Waals surface area contributed by atoms with Gasteiger partial charge in [0.2, 0.25) is 11.8 Å². The van der Waals surface area contributed by atoms with Crippen molar-refractivity contribution in [2.45, 2.75) is 76.7 Å². The monoisotopic (exact) mass is 880 g/mol. The number of pyridine rings is 2. The number of rotatable bonds is 14. The van der Waals surface area contributed by atoms with Gasteiger partial charge in [0.25, 0.3) is 0 Å². The van der Waals surface area contributed by atoms with Crippen molar-refractivity contribution in [3.8, 4) is 45.8 Å². The molecule has 338 valence electrons. The molecular weight excluding hydrogens is 821 g/mol. The Morgan fingerprint density at radius 1 is 0.576 bits per heavy atom. The summed E-state index contributed by atoms with van der Waals surface area (Å²) in [6.45, 7) is 8.88. The summed E-state index contributed by atoms with van der Waals surface area (Å²) in [6.07, 6.45) is 9.90. The molecule has 10 nitrogen and oxygen atoms in total. The summed E-state index contributed by atoms with van der Waals surface area (Å²) in [6, 6.07) is 37.4. The largest absolute Gasteiger partial charge is 0.497 e. The maximum absolute atomic E-state index is 7.76. The Morgan fingerprint density at radius 2 is 1.05 bits per heavy atom. The van der Waals surface area contributed by atoms with E-state index in [4.69, 9.17) is 38.9 Å². The van der Waals surface area contributed by atoms with Crippen LogP contribution in [0.25, 0.3) is 44.3 Å². The average Bonchev–Trinajstić information content (AvgIpc) is 3.39. The lowest BCUT2D eigenvalue weighted by molar-refractivity contribution is -0.0510. The first-order valence-electron chi connectivity index (χ1n) is 24.2. The zero-order valence-electron chi connectivity index (χ0n) is 38.6. The lowest BCUT2D eigenvalue weighted by Crippen LogP contribution is -2.56. The van der Waals surface area contributed by atoms with E-state index in [-0.39, 0.29) is 12.1 Å². The maximum atomic E-state index is 7.76. The van der Waals surface area contributed by atoms with Gasteiger partial charge in [-0.15, -0.1) is 0 Å². The van der Waals surface area contributed by atoms with Gasteiger partial charge in [-0.3, -0.25) is 19.8 Å². The number of piperidine rings is 6. The minimum Gasteiger partial charge on any atom is -0.497 e. The van der Waals surface area contributed by atoms with Crippen LogP contribution in [0.3, 0.4) is 0 Å². The van der Waals surface area contributed by atoms with Crippen molar-refractivity contribution < 1.29 is 18.9 Å².